The van der Waals surface area contributed by atoms with Crippen molar-refractivity contribution in [2.75, 3.05) is 27.2 Å². The normalized spacial score (nSPS) is 21.0. The zero-order valence-electron chi connectivity index (χ0n) is 11.4. The van der Waals surface area contributed by atoms with Crippen LogP contribution in [0.15, 0.2) is 0 Å². The van der Waals surface area contributed by atoms with Crippen molar-refractivity contribution in [2.45, 2.75) is 63.9 Å². The van der Waals surface area contributed by atoms with E-state index in [0.29, 0.717) is 0 Å². The van der Waals surface area contributed by atoms with Gasteiger partial charge in [-0.15, -0.1) is 0 Å². The molecule has 0 spiro atoms. The molecule has 0 atom stereocenters. The molecule has 0 aliphatic heterocycles. The molecule has 0 unspecified atom stereocenters. The average molecular weight is 227 g/mol. The van der Waals surface area contributed by atoms with Crippen molar-refractivity contribution in [1.29, 1.82) is 0 Å². The molecule has 2 nitrogen and oxygen atoms in total. The van der Waals surface area contributed by atoms with Crippen LogP contribution >= 0.6 is 0 Å². The first-order valence-corrected chi connectivity index (χ1v) is 6.97. The first-order chi connectivity index (χ1) is 7.68. The van der Waals surface area contributed by atoms with Gasteiger partial charge >= 0.3 is 0 Å². The minimum Gasteiger partial charge on any atom is -0.375 e. The van der Waals surface area contributed by atoms with Crippen LogP contribution in [0, 0.1) is 0 Å². The van der Waals surface area contributed by atoms with Gasteiger partial charge in [0, 0.05) is 6.61 Å². The van der Waals surface area contributed by atoms with Crippen molar-refractivity contribution >= 4 is 0 Å². The van der Waals surface area contributed by atoms with Gasteiger partial charge in [-0.3, -0.25) is 0 Å². The quantitative estimate of drug-likeness (QED) is 0.509. The van der Waals surface area contributed by atoms with Gasteiger partial charge in [0.2, 0.25) is 0 Å². The summed E-state index contributed by atoms with van der Waals surface area (Å²) in [6.07, 6.45) is 10.5. The molecule has 0 N–H and O–H groups in total. The van der Waals surface area contributed by atoms with Crippen LogP contribution in [0.3, 0.4) is 0 Å². The summed E-state index contributed by atoms with van der Waals surface area (Å²) in [6.45, 7) is 4.36. The first-order valence-electron chi connectivity index (χ1n) is 6.97. The molecular formula is C14H29NO. The lowest BCUT2D eigenvalue weighted by atomic mass is 9.91. The summed E-state index contributed by atoms with van der Waals surface area (Å²) >= 11 is 0. The minimum atomic E-state index is 0.225. The highest BCUT2D eigenvalue weighted by molar-refractivity contribution is 4.81. The summed E-state index contributed by atoms with van der Waals surface area (Å²) in [4.78, 5) is 2.23. The largest absolute Gasteiger partial charge is 0.375 e. The van der Waals surface area contributed by atoms with Crippen molar-refractivity contribution in [3.05, 3.63) is 0 Å². The van der Waals surface area contributed by atoms with Gasteiger partial charge in [-0.25, -0.2) is 0 Å². The monoisotopic (exact) mass is 227 g/mol. The first kappa shape index (κ1) is 14.0. The van der Waals surface area contributed by atoms with Crippen LogP contribution in [0.25, 0.3) is 0 Å². The summed E-state index contributed by atoms with van der Waals surface area (Å²) in [5, 5.41) is 0. The Kier molecular flexibility index (Phi) is 6.37. The van der Waals surface area contributed by atoms with Crippen LogP contribution in [0.5, 0.6) is 0 Å². The van der Waals surface area contributed by atoms with Gasteiger partial charge in [0.15, 0.2) is 0 Å². The lowest BCUT2D eigenvalue weighted by Crippen LogP contribution is -2.32. The molecule has 1 fully saturated rings. The Morgan fingerprint density at radius 2 is 1.69 bits per heavy atom. The van der Waals surface area contributed by atoms with E-state index in [1.165, 1.54) is 44.9 Å². The zero-order chi connectivity index (χ0) is 11.9. The lowest BCUT2D eigenvalue weighted by molar-refractivity contribution is -0.0609. The summed E-state index contributed by atoms with van der Waals surface area (Å²) < 4.78 is 6.22. The van der Waals surface area contributed by atoms with E-state index in [1.54, 1.807) is 0 Å². The molecule has 0 heterocycles. The number of hydrogen-bond donors (Lipinski definition) is 0. The van der Waals surface area contributed by atoms with E-state index in [1.807, 2.05) is 0 Å². The molecule has 0 aromatic rings. The fraction of sp³-hybridized carbons (Fsp3) is 1.00. The molecule has 1 rings (SSSR count). The fourth-order valence-corrected chi connectivity index (χ4v) is 2.64. The van der Waals surface area contributed by atoms with E-state index in [4.69, 9.17) is 4.74 Å². The highest BCUT2D eigenvalue weighted by atomic mass is 16.5. The van der Waals surface area contributed by atoms with Gasteiger partial charge in [-0.2, -0.15) is 0 Å². The van der Waals surface area contributed by atoms with Crippen LogP contribution in [-0.4, -0.2) is 37.7 Å². The number of hydrogen-bond acceptors (Lipinski definition) is 2. The van der Waals surface area contributed by atoms with Gasteiger partial charge in [0.25, 0.3) is 0 Å². The van der Waals surface area contributed by atoms with Gasteiger partial charge in [-0.05, 0) is 46.3 Å². The summed E-state index contributed by atoms with van der Waals surface area (Å²) in [7, 11) is 4.25. The summed E-state index contributed by atoms with van der Waals surface area (Å²) in [5.74, 6) is 0. The third kappa shape index (κ3) is 4.84. The van der Waals surface area contributed by atoms with E-state index >= 15 is 0 Å². The molecule has 1 aliphatic carbocycles. The van der Waals surface area contributed by atoms with Gasteiger partial charge < -0.3 is 9.64 Å². The minimum absolute atomic E-state index is 0.225. The Bertz CT molecular complexity index is 172. The molecule has 96 valence electrons. The molecule has 1 saturated carbocycles. The predicted molar refractivity (Wildman–Crippen MR) is 69.8 cm³/mol. The van der Waals surface area contributed by atoms with Crippen LogP contribution in [0.4, 0.5) is 0 Å². The van der Waals surface area contributed by atoms with E-state index in [9.17, 15) is 0 Å². The molecule has 1 aliphatic rings. The van der Waals surface area contributed by atoms with Crippen LogP contribution in [0.2, 0.25) is 0 Å². The van der Waals surface area contributed by atoms with Crippen molar-refractivity contribution in [3.63, 3.8) is 0 Å². The Labute approximate surface area is 101 Å². The number of rotatable bonds is 6. The second kappa shape index (κ2) is 7.29. The standard InChI is InChI=1S/C14H29NO/c1-4-14(10-7-5-6-8-11-14)16-13-9-12-15(2)3/h4-13H2,1-3H3. The Hall–Kier alpha value is -0.0800. The molecule has 0 bridgehead atoms. The SMILES string of the molecule is CCC1(OCCCN(C)C)CCCCCC1. The smallest absolute Gasteiger partial charge is 0.0680 e. The molecule has 0 amide bonds. The molecule has 0 aromatic carbocycles. The molecular weight excluding hydrogens is 198 g/mol. The van der Waals surface area contributed by atoms with Crippen LogP contribution in [0.1, 0.15) is 58.3 Å². The van der Waals surface area contributed by atoms with Crippen molar-refractivity contribution in [2.24, 2.45) is 0 Å². The Morgan fingerprint density at radius 3 is 2.19 bits per heavy atom. The van der Waals surface area contributed by atoms with E-state index in [-0.39, 0.29) is 5.60 Å². The van der Waals surface area contributed by atoms with Gasteiger partial charge in [0.05, 0.1) is 5.60 Å². The fourth-order valence-electron chi connectivity index (χ4n) is 2.64. The third-order valence-corrected chi connectivity index (χ3v) is 3.82. The van der Waals surface area contributed by atoms with E-state index < -0.39 is 0 Å². The molecule has 0 radical (unpaired) electrons. The second-order valence-corrected chi connectivity index (χ2v) is 5.46. The van der Waals surface area contributed by atoms with Crippen molar-refractivity contribution in [1.82, 2.24) is 4.90 Å². The molecule has 2 heteroatoms. The Morgan fingerprint density at radius 1 is 1.06 bits per heavy atom. The predicted octanol–water partition coefficient (Wildman–Crippen LogP) is 3.46. The topological polar surface area (TPSA) is 12.5 Å². The average Bonchev–Trinajstić information content (AvgIpc) is 2.50. The van der Waals surface area contributed by atoms with Crippen molar-refractivity contribution in [3.8, 4) is 0 Å². The van der Waals surface area contributed by atoms with Crippen LogP contribution in [-0.2, 0) is 4.74 Å². The van der Waals surface area contributed by atoms with Crippen LogP contribution < -0.4 is 0 Å². The zero-order valence-corrected chi connectivity index (χ0v) is 11.4. The summed E-state index contributed by atoms with van der Waals surface area (Å²) in [6, 6.07) is 0. The highest BCUT2D eigenvalue weighted by Gasteiger charge is 2.29. The maximum Gasteiger partial charge on any atom is 0.0680 e. The second-order valence-electron chi connectivity index (χ2n) is 5.46. The summed E-state index contributed by atoms with van der Waals surface area (Å²) in [5.41, 5.74) is 0.225. The van der Waals surface area contributed by atoms with Crippen molar-refractivity contribution < 1.29 is 4.74 Å². The van der Waals surface area contributed by atoms with Gasteiger partial charge in [-0.1, -0.05) is 32.6 Å². The molecule has 0 aromatic heterocycles. The molecule has 16 heavy (non-hydrogen) atoms. The number of ether oxygens (including phenoxy) is 1. The highest BCUT2D eigenvalue weighted by Crippen LogP contribution is 2.33. The third-order valence-electron chi connectivity index (χ3n) is 3.82. The maximum atomic E-state index is 6.22. The van der Waals surface area contributed by atoms with E-state index in [0.717, 1.165) is 19.6 Å². The maximum absolute atomic E-state index is 6.22. The number of nitrogens with zero attached hydrogens (tertiary/aromatic N) is 1. The van der Waals surface area contributed by atoms with Gasteiger partial charge in [0.1, 0.15) is 0 Å². The Balaban J connectivity index is 2.28. The lowest BCUT2D eigenvalue weighted by Gasteiger charge is -2.32. The van der Waals surface area contributed by atoms with E-state index in [2.05, 4.69) is 25.9 Å². The molecule has 0 saturated heterocycles.